The van der Waals surface area contributed by atoms with Gasteiger partial charge in [0.1, 0.15) is 0 Å². The highest BCUT2D eigenvalue weighted by atomic mass is 14.2. The Labute approximate surface area is 70.7 Å². The van der Waals surface area contributed by atoms with Crippen LogP contribution in [0.2, 0.25) is 0 Å². The highest BCUT2D eigenvalue weighted by molar-refractivity contribution is 5.15. The van der Waals surface area contributed by atoms with E-state index in [1.54, 1.807) is 11.1 Å². The maximum absolute atomic E-state index is 2.31. The molecule has 1 aliphatic rings. The Hall–Kier alpha value is -0.260. The van der Waals surface area contributed by atoms with Gasteiger partial charge >= 0.3 is 0 Å². The van der Waals surface area contributed by atoms with Gasteiger partial charge < -0.3 is 0 Å². The fraction of sp³-hybridized carbons (Fsp3) is 0.818. The van der Waals surface area contributed by atoms with Crippen LogP contribution >= 0.6 is 0 Å². The van der Waals surface area contributed by atoms with Crippen LogP contribution in [0, 0.1) is 5.92 Å². The lowest BCUT2D eigenvalue weighted by molar-refractivity contribution is 0.579. The van der Waals surface area contributed by atoms with E-state index in [4.69, 9.17) is 0 Å². The normalized spacial score (nSPS) is 19.1. The Morgan fingerprint density at radius 1 is 1.09 bits per heavy atom. The van der Waals surface area contributed by atoms with Crippen LogP contribution < -0.4 is 0 Å². The van der Waals surface area contributed by atoms with Crippen LogP contribution in [-0.2, 0) is 0 Å². The summed E-state index contributed by atoms with van der Waals surface area (Å²) in [5.74, 6) is 0.767. The molecule has 0 amide bonds. The van der Waals surface area contributed by atoms with E-state index < -0.39 is 0 Å². The van der Waals surface area contributed by atoms with E-state index in [9.17, 15) is 0 Å². The summed E-state index contributed by atoms with van der Waals surface area (Å²) in [6.07, 6.45) is 7.07. The van der Waals surface area contributed by atoms with Crippen LogP contribution in [0.15, 0.2) is 11.1 Å². The molecule has 0 spiro atoms. The zero-order chi connectivity index (χ0) is 8.27. The highest BCUT2D eigenvalue weighted by Crippen LogP contribution is 2.28. The second-order valence-electron chi connectivity index (χ2n) is 4.00. The topological polar surface area (TPSA) is 0 Å². The van der Waals surface area contributed by atoms with E-state index in [-0.39, 0.29) is 0 Å². The molecular formula is C11H20. The van der Waals surface area contributed by atoms with Crippen LogP contribution in [0.5, 0.6) is 0 Å². The molecule has 1 saturated carbocycles. The van der Waals surface area contributed by atoms with Gasteiger partial charge in [0.15, 0.2) is 0 Å². The molecular weight excluding hydrogens is 132 g/mol. The largest absolute Gasteiger partial charge is 0.0716 e. The van der Waals surface area contributed by atoms with Gasteiger partial charge in [0, 0.05) is 0 Å². The van der Waals surface area contributed by atoms with E-state index in [2.05, 4.69) is 20.8 Å². The van der Waals surface area contributed by atoms with Crippen molar-refractivity contribution in [3.05, 3.63) is 11.1 Å². The summed E-state index contributed by atoms with van der Waals surface area (Å²) < 4.78 is 0. The lowest BCUT2D eigenvalue weighted by Gasteiger charge is -2.19. The van der Waals surface area contributed by atoms with Gasteiger partial charge in [0.25, 0.3) is 0 Å². The Bertz CT molecular complexity index is 143. The van der Waals surface area contributed by atoms with E-state index in [0.29, 0.717) is 0 Å². The van der Waals surface area contributed by atoms with Crippen molar-refractivity contribution in [1.82, 2.24) is 0 Å². The molecule has 1 fully saturated rings. The summed E-state index contributed by atoms with van der Waals surface area (Å²) in [7, 11) is 0. The number of allylic oxidation sites excluding steroid dienone is 2. The van der Waals surface area contributed by atoms with Crippen molar-refractivity contribution in [2.24, 2.45) is 5.92 Å². The molecule has 0 heterocycles. The fourth-order valence-electron chi connectivity index (χ4n) is 1.78. The van der Waals surface area contributed by atoms with Crippen LogP contribution in [0.4, 0.5) is 0 Å². The second-order valence-corrected chi connectivity index (χ2v) is 4.00. The zero-order valence-corrected chi connectivity index (χ0v) is 8.11. The first-order chi connectivity index (χ1) is 5.22. The van der Waals surface area contributed by atoms with E-state index in [0.717, 1.165) is 5.92 Å². The van der Waals surface area contributed by atoms with Gasteiger partial charge in [-0.25, -0.2) is 0 Å². The predicted molar refractivity (Wildman–Crippen MR) is 50.6 cm³/mol. The summed E-state index contributed by atoms with van der Waals surface area (Å²) in [6, 6.07) is 0. The third kappa shape index (κ3) is 2.36. The van der Waals surface area contributed by atoms with Gasteiger partial charge in [0.05, 0.1) is 0 Å². The maximum atomic E-state index is 2.31. The lowest BCUT2D eigenvalue weighted by Crippen LogP contribution is -2.00. The van der Waals surface area contributed by atoms with Gasteiger partial charge in [-0.2, -0.15) is 0 Å². The Morgan fingerprint density at radius 2 is 1.64 bits per heavy atom. The highest BCUT2D eigenvalue weighted by Gasteiger charge is 2.09. The van der Waals surface area contributed by atoms with Crippen molar-refractivity contribution < 1.29 is 0 Å². The van der Waals surface area contributed by atoms with Crippen molar-refractivity contribution in [2.75, 3.05) is 0 Å². The molecule has 0 aromatic heterocycles. The van der Waals surface area contributed by atoms with Crippen molar-refractivity contribution in [3.8, 4) is 0 Å². The van der Waals surface area contributed by atoms with Crippen molar-refractivity contribution in [3.63, 3.8) is 0 Å². The number of hydrogen-bond donors (Lipinski definition) is 0. The SMILES string of the molecule is CC(=C1CCCCC1)C(C)C. The standard InChI is InChI=1S/C11H20/c1-9(2)10(3)11-7-5-4-6-8-11/h9H,4-8H2,1-3H3. The van der Waals surface area contributed by atoms with E-state index in [1.807, 2.05) is 0 Å². The van der Waals surface area contributed by atoms with Gasteiger partial charge in [-0.1, -0.05) is 31.4 Å². The monoisotopic (exact) mass is 152 g/mol. The minimum atomic E-state index is 0.767. The average Bonchev–Trinajstić information content (AvgIpc) is 2.05. The summed E-state index contributed by atoms with van der Waals surface area (Å²) in [4.78, 5) is 0. The van der Waals surface area contributed by atoms with E-state index >= 15 is 0 Å². The Balaban J connectivity index is 2.60. The molecule has 0 nitrogen and oxygen atoms in total. The van der Waals surface area contributed by atoms with Crippen LogP contribution in [-0.4, -0.2) is 0 Å². The average molecular weight is 152 g/mol. The van der Waals surface area contributed by atoms with Crippen LogP contribution in [0.3, 0.4) is 0 Å². The molecule has 0 aromatic rings. The van der Waals surface area contributed by atoms with Gasteiger partial charge in [-0.05, 0) is 38.5 Å². The second kappa shape index (κ2) is 3.94. The molecule has 0 bridgehead atoms. The van der Waals surface area contributed by atoms with Gasteiger partial charge in [-0.15, -0.1) is 0 Å². The molecule has 1 rings (SSSR count). The summed E-state index contributed by atoms with van der Waals surface area (Å²) >= 11 is 0. The number of rotatable bonds is 1. The van der Waals surface area contributed by atoms with Gasteiger partial charge in [0.2, 0.25) is 0 Å². The van der Waals surface area contributed by atoms with Crippen molar-refractivity contribution in [2.45, 2.75) is 52.9 Å². The molecule has 11 heavy (non-hydrogen) atoms. The van der Waals surface area contributed by atoms with Crippen LogP contribution in [0.1, 0.15) is 52.9 Å². The molecule has 0 unspecified atom stereocenters. The van der Waals surface area contributed by atoms with Crippen molar-refractivity contribution in [1.29, 1.82) is 0 Å². The Kier molecular flexibility index (Phi) is 3.16. The first-order valence-electron chi connectivity index (χ1n) is 4.90. The molecule has 0 heteroatoms. The summed E-state index contributed by atoms with van der Waals surface area (Å²) in [6.45, 7) is 6.92. The fourth-order valence-corrected chi connectivity index (χ4v) is 1.78. The van der Waals surface area contributed by atoms with Gasteiger partial charge in [-0.3, -0.25) is 0 Å². The molecule has 0 aromatic carbocycles. The first kappa shape index (κ1) is 8.83. The predicted octanol–water partition coefficient (Wildman–Crippen LogP) is 3.92. The molecule has 0 N–H and O–H groups in total. The molecule has 0 aliphatic heterocycles. The lowest BCUT2D eigenvalue weighted by atomic mass is 9.88. The summed E-state index contributed by atoms with van der Waals surface area (Å²) in [5.41, 5.74) is 3.41. The Morgan fingerprint density at radius 3 is 2.09 bits per heavy atom. The minimum Gasteiger partial charge on any atom is -0.0716 e. The third-order valence-electron chi connectivity index (χ3n) is 2.88. The smallest absolute Gasteiger partial charge is 0.0260 e. The molecule has 1 aliphatic carbocycles. The van der Waals surface area contributed by atoms with E-state index in [1.165, 1.54) is 32.1 Å². The molecule has 0 saturated heterocycles. The third-order valence-corrected chi connectivity index (χ3v) is 2.88. The number of hydrogen-bond acceptors (Lipinski definition) is 0. The first-order valence-corrected chi connectivity index (χ1v) is 4.90. The maximum Gasteiger partial charge on any atom is -0.0260 e. The summed E-state index contributed by atoms with van der Waals surface area (Å²) in [5, 5.41) is 0. The van der Waals surface area contributed by atoms with Crippen molar-refractivity contribution >= 4 is 0 Å². The van der Waals surface area contributed by atoms with Crippen LogP contribution in [0.25, 0.3) is 0 Å². The molecule has 64 valence electrons. The zero-order valence-electron chi connectivity index (χ0n) is 8.11. The molecule has 0 radical (unpaired) electrons. The molecule has 0 atom stereocenters. The minimum absolute atomic E-state index is 0.767. The quantitative estimate of drug-likeness (QED) is 0.499.